The van der Waals surface area contributed by atoms with Crippen LogP contribution in [0.25, 0.3) is 0 Å². The Balaban J connectivity index is 2.51. The van der Waals surface area contributed by atoms with E-state index in [4.69, 9.17) is 11.5 Å². The Hall–Kier alpha value is -1.78. The Bertz CT molecular complexity index is 339. The molecule has 0 aromatic heterocycles. The fourth-order valence-electron chi connectivity index (χ4n) is 1.28. The molecule has 2 heterocycles. The van der Waals surface area contributed by atoms with E-state index in [1.54, 1.807) is 11.0 Å². The van der Waals surface area contributed by atoms with Crippen LogP contribution in [0.3, 0.4) is 0 Å². The summed E-state index contributed by atoms with van der Waals surface area (Å²) in [5.74, 6) is -0.128. The molecule has 4 N–H and O–H groups in total. The van der Waals surface area contributed by atoms with Crippen molar-refractivity contribution in [3.05, 3.63) is 23.5 Å². The molecule has 0 spiro atoms. The first-order valence-corrected chi connectivity index (χ1v) is 3.52. The van der Waals surface area contributed by atoms with Crippen molar-refractivity contribution < 1.29 is 4.79 Å². The molecule has 5 nitrogen and oxygen atoms in total. The van der Waals surface area contributed by atoms with Gasteiger partial charge in [0, 0.05) is 6.54 Å². The molecule has 0 saturated carbocycles. The minimum absolute atomic E-state index is 0.224. The lowest BCUT2D eigenvalue weighted by atomic mass is 10.2. The zero-order valence-electron chi connectivity index (χ0n) is 6.32. The minimum atomic E-state index is -0.352. The highest BCUT2D eigenvalue weighted by molar-refractivity contribution is 6.10. The number of fused-ring (bicyclic) bond motifs is 1. The third kappa shape index (κ3) is 0.730. The maximum atomic E-state index is 11.1. The number of amides is 1. The Labute approximate surface area is 69.0 Å². The van der Waals surface area contributed by atoms with Crippen molar-refractivity contribution in [2.75, 3.05) is 6.54 Å². The SMILES string of the molecule is NC1=NC(=O)C2=C(N)C=CCN12. The maximum absolute atomic E-state index is 11.1. The maximum Gasteiger partial charge on any atom is 0.299 e. The quantitative estimate of drug-likeness (QED) is 0.475. The van der Waals surface area contributed by atoms with Crippen molar-refractivity contribution in [2.45, 2.75) is 0 Å². The van der Waals surface area contributed by atoms with Gasteiger partial charge in [0.1, 0.15) is 5.70 Å². The molecule has 0 unspecified atom stereocenters. The molecular weight excluding hydrogens is 156 g/mol. The monoisotopic (exact) mass is 164 g/mol. The third-order valence-corrected chi connectivity index (χ3v) is 1.82. The van der Waals surface area contributed by atoms with Gasteiger partial charge in [-0.15, -0.1) is 0 Å². The van der Waals surface area contributed by atoms with Gasteiger partial charge in [0.2, 0.25) is 5.96 Å². The summed E-state index contributed by atoms with van der Waals surface area (Å²) in [6.07, 6.45) is 3.53. The largest absolute Gasteiger partial charge is 0.397 e. The van der Waals surface area contributed by atoms with Gasteiger partial charge < -0.3 is 16.4 Å². The molecule has 0 saturated heterocycles. The van der Waals surface area contributed by atoms with E-state index in [2.05, 4.69) is 4.99 Å². The van der Waals surface area contributed by atoms with Crippen molar-refractivity contribution in [1.29, 1.82) is 0 Å². The second kappa shape index (κ2) is 2.10. The Morgan fingerprint density at radius 3 is 2.92 bits per heavy atom. The van der Waals surface area contributed by atoms with Gasteiger partial charge in [-0.1, -0.05) is 6.08 Å². The van der Waals surface area contributed by atoms with Crippen LogP contribution in [0, 0.1) is 0 Å². The van der Waals surface area contributed by atoms with Crippen LogP contribution in [0.2, 0.25) is 0 Å². The fourth-order valence-corrected chi connectivity index (χ4v) is 1.28. The molecule has 1 amide bonds. The molecule has 0 radical (unpaired) electrons. The van der Waals surface area contributed by atoms with Gasteiger partial charge in [0.05, 0.1) is 5.70 Å². The van der Waals surface area contributed by atoms with Crippen LogP contribution in [-0.4, -0.2) is 23.3 Å². The summed E-state index contributed by atoms with van der Waals surface area (Å²) in [7, 11) is 0. The van der Waals surface area contributed by atoms with E-state index in [1.165, 1.54) is 0 Å². The molecule has 0 aromatic rings. The second-order valence-electron chi connectivity index (χ2n) is 2.59. The lowest BCUT2D eigenvalue weighted by molar-refractivity contribution is -0.114. The predicted octanol–water partition coefficient (Wildman–Crippen LogP) is -1.12. The van der Waals surface area contributed by atoms with Gasteiger partial charge in [-0.2, -0.15) is 4.99 Å². The van der Waals surface area contributed by atoms with E-state index in [1.807, 2.05) is 6.08 Å². The van der Waals surface area contributed by atoms with Crippen molar-refractivity contribution in [1.82, 2.24) is 4.90 Å². The first-order valence-electron chi connectivity index (χ1n) is 3.52. The number of allylic oxidation sites excluding steroid dienone is 1. The van der Waals surface area contributed by atoms with Gasteiger partial charge >= 0.3 is 0 Å². The van der Waals surface area contributed by atoms with Crippen LogP contribution in [0.15, 0.2) is 28.5 Å². The summed E-state index contributed by atoms with van der Waals surface area (Å²) in [5, 5.41) is 0. The number of nitrogens with two attached hydrogens (primary N) is 2. The number of rotatable bonds is 0. The molecule has 2 aliphatic rings. The molecule has 0 aliphatic carbocycles. The highest BCUT2D eigenvalue weighted by Crippen LogP contribution is 2.19. The molecule has 5 heteroatoms. The van der Waals surface area contributed by atoms with Crippen LogP contribution >= 0.6 is 0 Å². The Kier molecular flexibility index (Phi) is 1.21. The number of hydrogen-bond acceptors (Lipinski definition) is 4. The lowest BCUT2D eigenvalue weighted by Crippen LogP contribution is -2.35. The van der Waals surface area contributed by atoms with Crippen molar-refractivity contribution in [2.24, 2.45) is 16.5 Å². The van der Waals surface area contributed by atoms with Gasteiger partial charge in [-0.25, -0.2) is 0 Å². The Morgan fingerprint density at radius 1 is 1.50 bits per heavy atom. The summed E-state index contributed by atoms with van der Waals surface area (Å²) in [6.45, 7) is 0.567. The average molecular weight is 164 g/mol. The highest BCUT2D eigenvalue weighted by Gasteiger charge is 2.30. The van der Waals surface area contributed by atoms with Crippen molar-refractivity contribution >= 4 is 11.9 Å². The fraction of sp³-hybridized carbons (Fsp3) is 0.143. The van der Waals surface area contributed by atoms with Crippen LogP contribution in [0.5, 0.6) is 0 Å². The normalized spacial score (nSPS) is 21.5. The standard InChI is InChI=1S/C7H8N4O/c8-4-2-1-3-11-5(4)6(12)10-7(11)9/h1-2H,3,8H2,(H2,9,10,12). The molecule has 0 atom stereocenters. The predicted molar refractivity (Wildman–Crippen MR) is 43.7 cm³/mol. The van der Waals surface area contributed by atoms with Crippen LogP contribution in [0.1, 0.15) is 0 Å². The first kappa shape index (κ1) is 6.90. The van der Waals surface area contributed by atoms with E-state index < -0.39 is 0 Å². The molecular formula is C7H8N4O. The topological polar surface area (TPSA) is 84.7 Å². The van der Waals surface area contributed by atoms with E-state index in [0.717, 1.165) is 0 Å². The Morgan fingerprint density at radius 2 is 2.25 bits per heavy atom. The molecule has 12 heavy (non-hydrogen) atoms. The number of hydrogen-bond donors (Lipinski definition) is 2. The van der Waals surface area contributed by atoms with Crippen molar-refractivity contribution in [3.63, 3.8) is 0 Å². The number of guanidine groups is 1. The van der Waals surface area contributed by atoms with Crippen molar-refractivity contribution in [3.8, 4) is 0 Å². The lowest BCUT2D eigenvalue weighted by Gasteiger charge is -2.20. The summed E-state index contributed by atoms with van der Waals surface area (Å²) < 4.78 is 0. The van der Waals surface area contributed by atoms with Crippen LogP contribution in [-0.2, 0) is 4.79 Å². The number of carbonyl (C=O) groups is 1. The molecule has 0 aromatic carbocycles. The van der Waals surface area contributed by atoms with Gasteiger partial charge in [0.15, 0.2) is 0 Å². The van der Waals surface area contributed by atoms with Crippen LogP contribution in [0.4, 0.5) is 0 Å². The summed E-state index contributed by atoms with van der Waals surface area (Å²) in [6, 6.07) is 0. The molecule has 2 rings (SSSR count). The zero-order chi connectivity index (χ0) is 8.72. The number of carbonyl (C=O) groups excluding carboxylic acids is 1. The minimum Gasteiger partial charge on any atom is -0.397 e. The zero-order valence-corrected chi connectivity index (χ0v) is 6.32. The third-order valence-electron chi connectivity index (χ3n) is 1.82. The summed E-state index contributed by atoms with van der Waals surface area (Å²) in [5.41, 5.74) is 11.9. The molecule has 0 bridgehead atoms. The average Bonchev–Trinajstić information content (AvgIpc) is 2.29. The number of nitrogens with zero attached hydrogens (tertiary/aromatic N) is 2. The van der Waals surface area contributed by atoms with E-state index in [-0.39, 0.29) is 11.9 Å². The highest BCUT2D eigenvalue weighted by atomic mass is 16.2. The molecule has 0 fully saturated rings. The van der Waals surface area contributed by atoms with Gasteiger partial charge in [0.25, 0.3) is 5.91 Å². The first-order chi connectivity index (χ1) is 5.70. The van der Waals surface area contributed by atoms with E-state index >= 15 is 0 Å². The van der Waals surface area contributed by atoms with E-state index in [9.17, 15) is 4.79 Å². The molecule has 2 aliphatic heterocycles. The summed E-state index contributed by atoms with van der Waals surface area (Å²) >= 11 is 0. The summed E-state index contributed by atoms with van der Waals surface area (Å²) in [4.78, 5) is 16.3. The van der Waals surface area contributed by atoms with Crippen LogP contribution < -0.4 is 11.5 Å². The van der Waals surface area contributed by atoms with E-state index in [0.29, 0.717) is 17.9 Å². The molecule has 62 valence electrons. The smallest absolute Gasteiger partial charge is 0.299 e. The number of aliphatic imine (C=N–C) groups is 1. The van der Waals surface area contributed by atoms with Gasteiger partial charge in [-0.05, 0) is 6.08 Å². The second-order valence-corrected chi connectivity index (χ2v) is 2.59. The van der Waals surface area contributed by atoms with Gasteiger partial charge in [-0.3, -0.25) is 4.79 Å².